The van der Waals surface area contributed by atoms with E-state index in [4.69, 9.17) is 21.4 Å². The van der Waals surface area contributed by atoms with E-state index in [-0.39, 0.29) is 6.17 Å². The van der Waals surface area contributed by atoms with Crippen LogP contribution in [0.2, 0.25) is 0 Å². The largest absolute Gasteiger partial charge is 0.465 e. The van der Waals surface area contributed by atoms with Crippen molar-refractivity contribution < 1.29 is 9.90 Å². The molecule has 1 amide bonds. The summed E-state index contributed by atoms with van der Waals surface area (Å²) in [4.78, 5) is 8.78. The summed E-state index contributed by atoms with van der Waals surface area (Å²) in [6.07, 6.45) is 1.86. The molecule has 0 fully saturated rings. The monoisotopic (exact) mass is 163 g/mol. The van der Waals surface area contributed by atoms with Crippen molar-refractivity contribution in [3.63, 3.8) is 0 Å². The van der Waals surface area contributed by atoms with Gasteiger partial charge in [0, 0.05) is 0 Å². The minimum atomic E-state index is -1.33. The van der Waals surface area contributed by atoms with Crippen molar-refractivity contribution in [1.82, 2.24) is 0 Å². The highest BCUT2D eigenvalue weighted by Crippen LogP contribution is 1.91. The molecule has 0 radical (unpaired) electrons. The number of nitrogens with two attached hydrogens (primary N) is 3. The van der Waals surface area contributed by atoms with Crippen LogP contribution in [0, 0.1) is 0 Å². The van der Waals surface area contributed by atoms with Crippen molar-refractivity contribution in [2.45, 2.75) is 32.4 Å². The Bertz CT molecular complexity index is 91.8. The minimum Gasteiger partial charge on any atom is -0.465 e. The number of primary amides is 1. The average Bonchev–Trinajstić information content (AvgIpc) is 1.82. The van der Waals surface area contributed by atoms with E-state index < -0.39 is 6.09 Å². The molecule has 0 aliphatic heterocycles. The normalized spacial score (nSPS) is 8.73. The second kappa shape index (κ2) is 9.19. The van der Waals surface area contributed by atoms with Gasteiger partial charge in [-0.25, -0.2) is 4.79 Å². The summed E-state index contributed by atoms with van der Waals surface area (Å²) in [5, 5.41) is 7.19. The van der Waals surface area contributed by atoms with Crippen LogP contribution in [0.25, 0.3) is 0 Å². The standard InChI is InChI=1S/C5H14N2.CH3NO2/c1-2-3-4-5(6)7;2-1(3)4/h5H,2-4,6-7H2,1H3;2H2,(H,3,4). The second-order valence-corrected chi connectivity index (χ2v) is 2.14. The summed E-state index contributed by atoms with van der Waals surface area (Å²) in [6.45, 7) is 2.13. The van der Waals surface area contributed by atoms with Gasteiger partial charge < -0.3 is 22.3 Å². The molecule has 0 atom stereocenters. The lowest BCUT2D eigenvalue weighted by Crippen LogP contribution is -2.29. The maximum Gasteiger partial charge on any atom is 0.402 e. The van der Waals surface area contributed by atoms with Crippen molar-refractivity contribution in [1.29, 1.82) is 0 Å². The summed E-state index contributed by atoms with van der Waals surface area (Å²) in [5.41, 5.74) is 14.5. The SMILES string of the molecule is CCCCC(N)N.NC(=O)O. The van der Waals surface area contributed by atoms with Crippen LogP contribution in [-0.2, 0) is 0 Å². The molecule has 0 aliphatic rings. The van der Waals surface area contributed by atoms with Gasteiger partial charge in [0.2, 0.25) is 0 Å². The van der Waals surface area contributed by atoms with Gasteiger partial charge in [0.15, 0.2) is 0 Å². The van der Waals surface area contributed by atoms with Gasteiger partial charge in [-0.3, -0.25) is 0 Å². The molecule has 11 heavy (non-hydrogen) atoms. The van der Waals surface area contributed by atoms with Crippen LogP contribution in [0.5, 0.6) is 0 Å². The number of carbonyl (C=O) groups is 1. The van der Waals surface area contributed by atoms with Crippen LogP contribution in [0.3, 0.4) is 0 Å². The Morgan fingerprint density at radius 3 is 2.00 bits per heavy atom. The molecule has 0 bridgehead atoms. The minimum absolute atomic E-state index is 0.0973. The number of amides is 1. The van der Waals surface area contributed by atoms with Gasteiger partial charge >= 0.3 is 6.09 Å². The van der Waals surface area contributed by atoms with Crippen molar-refractivity contribution in [3.8, 4) is 0 Å². The van der Waals surface area contributed by atoms with Crippen molar-refractivity contribution in [3.05, 3.63) is 0 Å². The molecule has 0 heterocycles. The lowest BCUT2D eigenvalue weighted by molar-refractivity contribution is 0.205. The first-order valence-corrected chi connectivity index (χ1v) is 3.50. The van der Waals surface area contributed by atoms with Crippen LogP contribution in [0.4, 0.5) is 4.79 Å². The molecule has 0 saturated carbocycles. The Kier molecular flexibility index (Phi) is 10.7. The molecule has 0 saturated heterocycles. The zero-order chi connectivity index (χ0) is 9.28. The van der Waals surface area contributed by atoms with Crippen LogP contribution >= 0.6 is 0 Å². The van der Waals surface area contributed by atoms with Crippen LogP contribution in [0.15, 0.2) is 0 Å². The predicted octanol–water partition coefficient (Wildman–Crippen LogP) is 0.0432. The zero-order valence-electron chi connectivity index (χ0n) is 6.79. The van der Waals surface area contributed by atoms with Gasteiger partial charge in [-0.2, -0.15) is 0 Å². The summed E-state index contributed by atoms with van der Waals surface area (Å²) < 4.78 is 0. The van der Waals surface area contributed by atoms with E-state index in [1.54, 1.807) is 0 Å². The summed E-state index contributed by atoms with van der Waals surface area (Å²) >= 11 is 0. The molecular weight excluding hydrogens is 146 g/mol. The van der Waals surface area contributed by atoms with Gasteiger partial charge in [0.1, 0.15) is 0 Å². The molecule has 5 nitrogen and oxygen atoms in total. The number of unbranched alkanes of at least 4 members (excludes halogenated alkanes) is 1. The third kappa shape index (κ3) is 46.7. The Hall–Kier alpha value is -0.810. The van der Waals surface area contributed by atoms with E-state index >= 15 is 0 Å². The third-order valence-electron chi connectivity index (χ3n) is 0.891. The third-order valence-corrected chi connectivity index (χ3v) is 0.891. The molecule has 0 aromatic heterocycles. The molecule has 0 spiro atoms. The Balaban J connectivity index is 0. The number of hydrogen-bond donors (Lipinski definition) is 4. The van der Waals surface area contributed by atoms with Crippen molar-refractivity contribution in [2.24, 2.45) is 17.2 Å². The van der Waals surface area contributed by atoms with E-state index in [0.717, 1.165) is 12.8 Å². The van der Waals surface area contributed by atoms with Crippen molar-refractivity contribution >= 4 is 6.09 Å². The molecule has 0 aromatic rings. The lowest BCUT2D eigenvalue weighted by Gasteiger charge is -2.00. The fraction of sp³-hybridized carbons (Fsp3) is 0.833. The van der Waals surface area contributed by atoms with Crippen molar-refractivity contribution in [2.75, 3.05) is 0 Å². The van der Waals surface area contributed by atoms with E-state index in [2.05, 4.69) is 12.7 Å². The number of rotatable bonds is 3. The molecule has 0 aromatic carbocycles. The molecule has 68 valence electrons. The van der Waals surface area contributed by atoms with Crippen LogP contribution in [0.1, 0.15) is 26.2 Å². The van der Waals surface area contributed by atoms with Gasteiger partial charge in [0.25, 0.3) is 0 Å². The van der Waals surface area contributed by atoms with Gasteiger partial charge in [-0.05, 0) is 6.42 Å². The first-order valence-electron chi connectivity index (χ1n) is 3.50. The molecule has 7 N–H and O–H groups in total. The molecule has 0 aliphatic carbocycles. The fourth-order valence-corrected chi connectivity index (χ4v) is 0.440. The van der Waals surface area contributed by atoms with Gasteiger partial charge in [-0.1, -0.05) is 19.8 Å². The smallest absolute Gasteiger partial charge is 0.402 e. The summed E-state index contributed by atoms with van der Waals surface area (Å²) in [7, 11) is 0. The number of hydrogen-bond acceptors (Lipinski definition) is 3. The first-order chi connectivity index (χ1) is 5.00. The topological polar surface area (TPSA) is 115 Å². The van der Waals surface area contributed by atoms with Crippen LogP contribution in [-0.4, -0.2) is 17.4 Å². The summed E-state index contributed by atoms with van der Waals surface area (Å²) in [5.74, 6) is 0. The highest BCUT2D eigenvalue weighted by Gasteiger charge is 1.88. The maximum absolute atomic E-state index is 8.78. The van der Waals surface area contributed by atoms with E-state index in [1.807, 2.05) is 0 Å². The predicted molar refractivity (Wildman–Crippen MR) is 43.9 cm³/mol. The lowest BCUT2D eigenvalue weighted by atomic mass is 10.2. The molecule has 5 heteroatoms. The van der Waals surface area contributed by atoms with Gasteiger partial charge in [-0.15, -0.1) is 0 Å². The Labute approximate surface area is 66.5 Å². The molecule has 0 unspecified atom stereocenters. The number of carboxylic acid groups (broad SMARTS) is 1. The highest BCUT2D eigenvalue weighted by atomic mass is 16.4. The zero-order valence-corrected chi connectivity index (χ0v) is 6.79. The highest BCUT2D eigenvalue weighted by molar-refractivity contribution is 5.61. The fourth-order valence-electron chi connectivity index (χ4n) is 0.440. The Morgan fingerprint density at radius 2 is 1.91 bits per heavy atom. The first kappa shape index (κ1) is 12.8. The quantitative estimate of drug-likeness (QED) is 0.440. The van der Waals surface area contributed by atoms with Gasteiger partial charge in [0.05, 0.1) is 6.17 Å². The second-order valence-electron chi connectivity index (χ2n) is 2.14. The maximum atomic E-state index is 8.78. The molecule has 0 rings (SSSR count). The van der Waals surface area contributed by atoms with E-state index in [0.29, 0.717) is 0 Å². The van der Waals surface area contributed by atoms with E-state index in [9.17, 15) is 0 Å². The summed E-state index contributed by atoms with van der Waals surface area (Å²) in [6, 6.07) is 0. The molecular formula is C6H17N3O2. The van der Waals surface area contributed by atoms with E-state index in [1.165, 1.54) is 6.42 Å². The Morgan fingerprint density at radius 1 is 1.55 bits per heavy atom. The van der Waals surface area contributed by atoms with Crippen LogP contribution < -0.4 is 17.2 Å². The average molecular weight is 163 g/mol.